The van der Waals surface area contributed by atoms with Crippen LogP contribution in [-0.4, -0.2) is 11.5 Å². The first-order valence-electron chi connectivity index (χ1n) is 11.4. The van der Waals surface area contributed by atoms with Crippen LogP contribution in [0.3, 0.4) is 0 Å². The lowest BCUT2D eigenvalue weighted by atomic mass is 10.2. The van der Waals surface area contributed by atoms with Gasteiger partial charge in [0.05, 0.1) is 10.5 Å². The highest BCUT2D eigenvalue weighted by Gasteiger charge is 2.21. The standard InChI is InChI=1S/C28H28P2S5/c31-29(32,25-13-3-1-4-14-25)27-17-9-7-11-23(27)19-21-35-22-20-24-12-8-10-18-28(24)30(33,34)26-15-5-2-6-16-26/h1-18H,19-22H2,(H,31,32)(H,33,34). The fourth-order valence-electron chi connectivity index (χ4n) is 4.04. The predicted octanol–water partition coefficient (Wildman–Crippen LogP) is 6.76. The maximum atomic E-state index is 6.07. The third-order valence-corrected chi connectivity index (χ3v) is 16.2. The number of thioether (sulfide) groups is 1. The minimum absolute atomic E-state index is 0.989. The van der Waals surface area contributed by atoms with Crippen LogP contribution in [0.25, 0.3) is 0 Å². The second kappa shape index (κ2) is 12.7. The van der Waals surface area contributed by atoms with E-state index in [9.17, 15) is 0 Å². The molecular formula is C28H28P2S5. The number of rotatable bonds is 10. The Bertz CT molecular complexity index is 1250. The highest BCUT2D eigenvalue weighted by Crippen LogP contribution is 2.50. The number of benzene rings is 4. The van der Waals surface area contributed by atoms with Crippen LogP contribution >= 0.6 is 46.7 Å². The molecule has 0 N–H and O–H groups in total. The molecule has 0 aliphatic rings. The van der Waals surface area contributed by atoms with Crippen molar-refractivity contribution in [1.82, 2.24) is 0 Å². The summed E-state index contributed by atoms with van der Waals surface area (Å²) in [5.74, 6) is 2.09. The molecule has 7 heteroatoms. The summed E-state index contributed by atoms with van der Waals surface area (Å²) >= 11 is 24.2. The van der Waals surface area contributed by atoms with Crippen LogP contribution in [0, 0.1) is 0 Å². The first kappa shape index (κ1) is 27.3. The minimum Gasteiger partial charge on any atom is -0.161 e. The Balaban J connectivity index is 1.40. The van der Waals surface area contributed by atoms with Crippen molar-refractivity contribution in [3.05, 3.63) is 120 Å². The lowest BCUT2D eigenvalue weighted by molar-refractivity contribution is 1.14. The van der Waals surface area contributed by atoms with E-state index in [1.165, 1.54) is 21.7 Å². The van der Waals surface area contributed by atoms with Gasteiger partial charge in [-0.1, -0.05) is 133 Å². The lowest BCUT2D eigenvalue weighted by Gasteiger charge is -2.21. The fourth-order valence-corrected chi connectivity index (χ4v) is 12.2. The average molecular weight is 587 g/mol. The number of aryl methyl sites for hydroxylation is 2. The summed E-state index contributed by atoms with van der Waals surface area (Å²) in [6, 6.07) is 37.8. The molecule has 35 heavy (non-hydrogen) atoms. The molecule has 180 valence electrons. The van der Waals surface area contributed by atoms with Gasteiger partial charge in [-0.3, -0.25) is 0 Å². The van der Waals surface area contributed by atoms with Crippen molar-refractivity contribution in [1.29, 1.82) is 0 Å². The van der Waals surface area contributed by atoms with Gasteiger partial charge in [-0.15, -0.1) is 24.5 Å². The summed E-state index contributed by atoms with van der Waals surface area (Å²) in [4.78, 5) is 0. The molecule has 0 fully saturated rings. The van der Waals surface area contributed by atoms with Gasteiger partial charge in [-0.2, -0.15) is 11.8 Å². The van der Waals surface area contributed by atoms with Gasteiger partial charge in [0.1, 0.15) is 0 Å². The highest BCUT2D eigenvalue weighted by atomic mass is 32.9. The molecule has 0 spiro atoms. The smallest absolute Gasteiger partial charge is 0.0586 e. The van der Waals surface area contributed by atoms with E-state index in [0.717, 1.165) is 35.0 Å². The normalized spacial score (nSPS) is 14.7. The van der Waals surface area contributed by atoms with Crippen LogP contribution in [0.4, 0.5) is 0 Å². The first-order valence-corrected chi connectivity index (χ1v) is 20.5. The third kappa shape index (κ3) is 6.76. The summed E-state index contributed by atoms with van der Waals surface area (Å²) in [5.41, 5.74) is 2.63. The second-order valence-electron chi connectivity index (χ2n) is 8.19. The van der Waals surface area contributed by atoms with Crippen LogP contribution < -0.4 is 21.2 Å². The van der Waals surface area contributed by atoms with Crippen molar-refractivity contribution in [3.8, 4) is 0 Å². The zero-order valence-corrected chi connectivity index (χ0v) is 25.3. The monoisotopic (exact) mass is 586 g/mol. The third-order valence-electron chi connectivity index (χ3n) is 5.88. The van der Waals surface area contributed by atoms with Gasteiger partial charge < -0.3 is 0 Å². The average Bonchev–Trinajstić information content (AvgIpc) is 2.90. The van der Waals surface area contributed by atoms with Gasteiger partial charge in [0.25, 0.3) is 0 Å². The zero-order chi connectivity index (χ0) is 24.7. The highest BCUT2D eigenvalue weighted by molar-refractivity contribution is 8.68. The molecule has 0 nitrogen and oxygen atoms in total. The van der Waals surface area contributed by atoms with Gasteiger partial charge >= 0.3 is 0 Å². The Morgan fingerprint density at radius 3 is 1.26 bits per heavy atom. The number of hydrogen-bond donors (Lipinski definition) is 2. The Morgan fingerprint density at radius 2 is 0.857 bits per heavy atom. The quantitative estimate of drug-likeness (QED) is 0.120. The van der Waals surface area contributed by atoms with E-state index >= 15 is 0 Å². The van der Waals surface area contributed by atoms with E-state index in [0.29, 0.717) is 0 Å². The van der Waals surface area contributed by atoms with E-state index in [1.54, 1.807) is 0 Å². The Hall–Kier alpha value is -0.770. The van der Waals surface area contributed by atoms with Gasteiger partial charge in [-0.25, -0.2) is 0 Å². The topological polar surface area (TPSA) is 0 Å². The Kier molecular flexibility index (Phi) is 9.86. The van der Waals surface area contributed by atoms with Gasteiger partial charge in [0.2, 0.25) is 0 Å². The van der Waals surface area contributed by atoms with Gasteiger partial charge in [-0.05, 0) is 46.1 Å². The second-order valence-corrected chi connectivity index (χ2v) is 22.2. The van der Waals surface area contributed by atoms with Crippen molar-refractivity contribution in [3.63, 3.8) is 0 Å². The summed E-state index contributed by atoms with van der Waals surface area (Å²) in [6.45, 7) is 0. The van der Waals surface area contributed by atoms with E-state index in [1.807, 2.05) is 48.2 Å². The largest absolute Gasteiger partial charge is 0.161 e. The summed E-state index contributed by atoms with van der Waals surface area (Å²) in [6.07, 6.45) is 1.98. The Labute approximate surface area is 234 Å². The van der Waals surface area contributed by atoms with Crippen LogP contribution in [0.2, 0.25) is 0 Å². The molecule has 4 aromatic carbocycles. The molecule has 0 heterocycles. The van der Waals surface area contributed by atoms with Gasteiger partial charge in [0, 0.05) is 10.6 Å². The lowest BCUT2D eigenvalue weighted by Crippen LogP contribution is -2.17. The van der Waals surface area contributed by atoms with Crippen molar-refractivity contribution in [2.75, 3.05) is 11.5 Å². The Morgan fingerprint density at radius 1 is 0.514 bits per heavy atom. The predicted molar refractivity (Wildman–Crippen MR) is 176 cm³/mol. The molecule has 0 saturated carbocycles. The molecule has 0 aliphatic heterocycles. The molecule has 0 radical (unpaired) electrons. The molecule has 0 aromatic heterocycles. The van der Waals surface area contributed by atoms with Crippen molar-refractivity contribution in [2.24, 2.45) is 0 Å². The van der Waals surface area contributed by atoms with E-state index < -0.39 is 10.5 Å². The molecule has 0 aliphatic carbocycles. The maximum Gasteiger partial charge on any atom is 0.0586 e. The van der Waals surface area contributed by atoms with Crippen LogP contribution in [0.15, 0.2) is 109 Å². The van der Waals surface area contributed by atoms with Crippen molar-refractivity contribution in [2.45, 2.75) is 12.8 Å². The molecule has 2 unspecified atom stereocenters. The minimum atomic E-state index is -2.09. The summed E-state index contributed by atoms with van der Waals surface area (Å²) in [7, 11) is 0. The molecule has 4 rings (SSSR count). The van der Waals surface area contributed by atoms with E-state index in [-0.39, 0.29) is 0 Å². The van der Waals surface area contributed by atoms with Crippen LogP contribution in [0.1, 0.15) is 11.1 Å². The van der Waals surface area contributed by atoms with Gasteiger partial charge in [0.15, 0.2) is 0 Å². The molecular weight excluding hydrogens is 559 g/mol. The van der Waals surface area contributed by atoms with Crippen LogP contribution in [-0.2, 0) is 36.5 Å². The summed E-state index contributed by atoms with van der Waals surface area (Å²) in [5, 5.41) is 0.550. The summed E-state index contributed by atoms with van der Waals surface area (Å²) < 4.78 is 0. The number of hydrogen-bond acceptors (Lipinski definition) is 3. The van der Waals surface area contributed by atoms with E-state index in [2.05, 4.69) is 72.8 Å². The SMILES string of the molecule is S=P(S)(c1ccccc1)c1ccccc1CCSCCc1ccccc1P(=S)(S)c1ccccc1. The van der Waals surface area contributed by atoms with E-state index in [4.69, 9.17) is 48.1 Å². The molecule has 2 atom stereocenters. The molecule has 0 amide bonds. The van der Waals surface area contributed by atoms with Crippen LogP contribution in [0.5, 0.6) is 0 Å². The number of thiol groups is 2. The zero-order valence-electron chi connectivity index (χ0n) is 19.2. The van der Waals surface area contributed by atoms with Crippen molar-refractivity contribution < 1.29 is 0 Å². The fraction of sp³-hybridized carbons (Fsp3) is 0.143. The molecule has 0 bridgehead atoms. The van der Waals surface area contributed by atoms with Crippen molar-refractivity contribution >= 4 is 91.6 Å². The molecule has 0 saturated heterocycles. The first-order chi connectivity index (χ1) is 16.9. The molecule has 4 aromatic rings. The maximum absolute atomic E-state index is 6.07.